The van der Waals surface area contributed by atoms with Gasteiger partial charge in [-0.05, 0) is 28.1 Å². The number of aromatic amines is 1. The molecule has 17 heavy (non-hydrogen) atoms. The number of halogens is 3. The fraction of sp³-hybridized carbons (Fsp3) is 0. The topological polar surface area (TPSA) is 55.0 Å². The molecule has 1 aromatic heterocycles. The largest absolute Gasteiger partial charge is 0.436 e. The van der Waals surface area contributed by atoms with Gasteiger partial charge in [-0.1, -0.05) is 29.3 Å². The van der Waals surface area contributed by atoms with Gasteiger partial charge in [-0.15, -0.1) is 0 Å². The Hall–Kier alpha value is -1.04. The lowest BCUT2D eigenvalue weighted by molar-refractivity contribution is 0.457. The highest BCUT2D eigenvalue weighted by atomic mass is 79.9. The minimum atomic E-state index is -0.340. The van der Waals surface area contributed by atoms with Crippen LogP contribution in [0.15, 0.2) is 33.8 Å². The van der Waals surface area contributed by atoms with Gasteiger partial charge in [0.25, 0.3) is 5.56 Å². The zero-order valence-corrected chi connectivity index (χ0v) is 11.3. The van der Waals surface area contributed by atoms with Gasteiger partial charge in [-0.2, -0.15) is 0 Å². The summed E-state index contributed by atoms with van der Waals surface area (Å²) >= 11 is 14.9. The fourth-order valence-electron chi connectivity index (χ4n) is 1.10. The van der Waals surface area contributed by atoms with E-state index in [1.54, 1.807) is 18.2 Å². The van der Waals surface area contributed by atoms with Crippen LogP contribution in [0.2, 0.25) is 10.0 Å². The Labute approximate surface area is 115 Å². The van der Waals surface area contributed by atoms with Gasteiger partial charge in [0.2, 0.25) is 5.88 Å². The first-order valence-corrected chi connectivity index (χ1v) is 5.99. The van der Waals surface area contributed by atoms with Gasteiger partial charge in [-0.3, -0.25) is 4.79 Å². The summed E-state index contributed by atoms with van der Waals surface area (Å²) < 4.78 is 5.60. The third kappa shape index (κ3) is 2.62. The second kappa shape index (κ2) is 5.08. The Balaban J connectivity index is 2.42. The lowest BCUT2D eigenvalue weighted by Gasteiger charge is -2.07. The number of hydrogen-bond donors (Lipinski definition) is 1. The summed E-state index contributed by atoms with van der Waals surface area (Å²) in [5.41, 5.74) is -0.340. The standard InChI is InChI=1S/C10H5BrCl2N2O2/c11-7-9(16)14-4-15-10(7)17-6-3-1-2-5(12)8(6)13/h1-4H,(H,14,15,16). The van der Waals surface area contributed by atoms with E-state index >= 15 is 0 Å². The average molecular weight is 336 g/mol. The molecule has 0 saturated heterocycles. The molecule has 1 N–H and O–H groups in total. The fourth-order valence-corrected chi connectivity index (χ4v) is 1.73. The van der Waals surface area contributed by atoms with E-state index in [4.69, 9.17) is 27.9 Å². The molecule has 7 heteroatoms. The molecule has 0 bridgehead atoms. The highest BCUT2D eigenvalue weighted by molar-refractivity contribution is 9.10. The van der Waals surface area contributed by atoms with Gasteiger partial charge in [0, 0.05) is 0 Å². The molecule has 1 aromatic carbocycles. The number of nitrogens with one attached hydrogen (secondary N) is 1. The van der Waals surface area contributed by atoms with Crippen LogP contribution >= 0.6 is 39.1 Å². The number of ether oxygens (including phenoxy) is 1. The smallest absolute Gasteiger partial charge is 0.268 e. The predicted molar refractivity (Wildman–Crippen MR) is 69.1 cm³/mol. The Morgan fingerprint density at radius 2 is 2.12 bits per heavy atom. The van der Waals surface area contributed by atoms with Crippen molar-refractivity contribution in [3.63, 3.8) is 0 Å². The summed E-state index contributed by atoms with van der Waals surface area (Å²) in [5, 5.41) is 0.633. The van der Waals surface area contributed by atoms with Gasteiger partial charge >= 0.3 is 0 Å². The van der Waals surface area contributed by atoms with Gasteiger partial charge in [0.1, 0.15) is 15.2 Å². The molecule has 0 radical (unpaired) electrons. The Bertz CT molecular complexity index is 615. The van der Waals surface area contributed by atoms with E-state index in [1.807, 2.05) is 0 Å². The maximum Gasteiger partial charge on any atom is 0.268 e. The summed E-state index contributed by atoms with van der Waals surface area (Å²) in [6.45, 7) is 0. The lowest BCUT2D eigenvalue weighted by atomic mass is 10.3. The maximum absolute atomic E-state index is 11.3. The molecule has 0 aliphatic heterocycles. The molecule has 88 valence electrons. The van der Waals surface area contributed by atoms with Crippen molar-refractivity contribution >= 4 is 39.1 Å². The second-order valence-electron chi connectivity index (χ2n) is 3.00. The Morgan fingerprint density at radius 3 is 2.88 bits per heavy atom. The molecule has 0 spiro atoms. The van der Waals surface area contributed by atoms with Crippen LogP contribution in [0.25, 0.3) is 0 Å². The highest BCUT2D eigenvalue weighted by Crippen LogP contribution is 2.35. The molecular formula is C10H5BrCl2N2O2. The van der Waals surface area contributed by atoms with E-state index in [-0.39, 0.29) is 20.9 Å². The Morgan fingerprint density at radius 1 is 1.35 bits per heavy atom. The van der Waals surface area contributed by atoms with Crippen molar-refractivity contribution in [2.24, 2.45) is 0 Å². The van der Waals surface area contributed by atoms with E-state index in [0.29, 0.717) is 10.8 Å². The van der Waals surface area contributed by atoms with Crippen molar-refractivity contribution in [1.82, 2.24) is 9.97 Å². The summed E-state index contributed by atoms with van der Waals surface area (Å²) in [4.78, 5) is 17.6. The quantitative estimate of drug-likeness (QED) is 0.911. The molecule has 2 rings (SSSR count). The molecule has 4 nitrogen and oxygen atoms in total. The first-order chi connectivity index (χ1) is 8.09. The molecule has 1 heterocycles. The van der Waals surface area contributed by atoms with Gasteiger partial charge in [0.05, 0.1) is 11.3 Å². The van der Waals surface area contributed by atoms with Crippen LogP contribution in [0, 0.1) is 0 Å². The average Bonchev–Trinajstić information content (AvgIpc) is 2.31. The van der Waals surface area contributed by atoms with E-state index in [9.17, 15) is 4.79 Å². The van der Waals surface area contributed by atoms with Crippen molar-refractivity contribution < 1.29 is 4.74 Å². The van der Waals surface area contributed by atoms with Crippen molar-refractivity contribution in [3.05, 3.63) is 49.4 Å². The number of rotatable bonds is 2. The zero-order chi connectivity index (χ0) is 12.4. The molecular weight excluding hydrogens is 331 g/mol. The van der Waals surface area contributed by atoms with Crippen molar-refractivity contribution in [2.45, 2.75) is 0 Å². The molecule has 0 aliphatic carbocycles. The van der Waals surface area contributed by atoms with E-state index in [0.717, 1.165) is 0 Å². The predicted octanol–water partition coefficient (Wildman–Crippen LogP) is 3.63. The van der Waals surface area contributed by atoms with Gasteiger partial charge in [-0.25, -0.2) is 4.98 Å². The van der Waals surface area contributed by atoms with Crippen molar-refractivity contribution in [2.75, 3.05) is 0 Å². The second-order valence-corrected chi connectivity index (χ2v) is 4.58. The summed E-state index contributed by atoms with van der Waals surface area (Å²) in [5.74, 6) is 0.455. The minimum absolute atomic E-state index is 0.123. The monoisotopic (exact) mass is 334 g/mol. The van der Waals surface area contributed by atoms with Crippen LogP contribution in [0.4, 0.5) is 0 Å². The van der Waals surface area contributed by atoms with Crippen LogP contribution in [0.3, 0.4) is 0 Å². The molecule has 0 fully saturated rings. The molecule has 2 aromatic rings. The molecule has 0 aliphatic rings. The number of H-pyrrole nitrogens is 1. The normalized spacial score (nSPS) is 10.3. The minimum Gasteiger partial charge on any atom is -0.436 e. The Kier molecular flexibility index (Phi) is 3.71. The lowest BCUT2D eigenvalue weighted by Crippen LogP contribution is -2.08. The van der Waals surface area contributed by atoms with E-state index < -0.39 is 0 Å². The van der Waals surface area contributed by atoms with Gasteiger partial charge in [0.15, 0.2) is 0 Å². The van der Waals surface area contributed by atoms with Crippen LogP contribution in [-0.4, -0.2) is 9.97 Å². The molecule has 0 amide bonds. The number of aromatic nitrogens is 2. The van der Waals surface area contributed by atoms with Gasteiger partial charge < -0.3 is 9.72 Å². The molecule has 0 saturated carbocycles. The zero-order valence-electron chi connectivity index (χ0n) is 8.21. The number of nitrogens with zero attached hydrogens (tertiary/aromatic N) is 1. The summed E-state index contributed by atoms with van der Waals surface area (Å²) in [7, 11) is 0. The van der Waals surface area contributed by atoms with Crippen molar-refractivity contribution in [1.29, 1.82) is 0 Å². The van der Waals surface area contributed by atoms with Crippen LogP contribution in [0.1, 0.15) is 0 Å². The highest BCUT2D eigenvalue weighted by Gasteiger charge is 2.11. The van der Waals surface area contributed by atoms with E-state index in [1.165, 1.54) is 6.33 Å². The van der Waals surface area contributed by atoms with E-state index in [2.05, 4.69) is 25.9 Å². The van der Waals surface area contributed by atoms with Crippen LogP contribution in [-0.2, 0) is 0 Å². The molecule has 0 unspecified atom stereocenters. The molecule has 0 atom stereocenters. The number of benzene rings is 1. The first kappa shape index (κ1) is 12.4. The SMILES string of the molecule is O=c1[nH]cnc(Oc2cccc(Cl)c2Cl)c1Br. The number of hydrogen-bond acceptors (Lipinski definition) is 3. The van der Waals surface area contributed by atoms with Crippen molar-refractivity contribution in [3.8, 4) is 11.6 Å². The first-order valence-electron chi connectivity index (χ1n) is 4.44. The van der Waals surface area contributed by atoms with Crippen LogP contribution < -0.4 is 10.3 Å². The maximum atomic E-state index is 11.3. The summed E-state index contributed by atoms with van der Waals surface area (Å²) in [6.07, 6.45) is 1.24. The van der Waals surface area contributed by atoms with Crippen LogP contribution in [0.5, 0.6) is 11.6 Å². The summed E-state index contributed by atoms with van der Waals surface area (Å²) in [6, 6.07) is 4.95. The third-order valence-electron chi connectivity index (χ3n) is 1.89. The third-order valence-corrected chi connectivity index (χ3v) is 3.39.